The van der Waals surface area contributed by atoms with Crippen molar-refractivity contribution < 1.29 is 4.79 Å². The molecule has 0 N–H and O–H groups in total. The van der Waals surface area contributed by atoms with Crippen LogP contribution in [-0.2, 0) is 4.79 Å². The normalized spacial score (nSPS) is 20.2. The summed E-state index contributed by atoms with van der Waals surface area (Å²) in [5.74, 6) is 0.388. The molecule has 2 nitrogen and oxygen atoms in total. The highest BCUT2D eigenvalue weighted by Crippen LogP contribution is 2.28. The highest BCUT2D eigenvalue weighted by molar-refractivity contribution is 9.09. The number of likely N-dealkylation sites (tertiary alicyclic amines) is 1. The summed E-state index contributed by atoms with van der Waals surface area (Å²) in [6.07, 6.45) is 1.38. The van der Waals surface area contributed by atoms with Crippen LogP contribution in [0.4, 0.5) is 0 Å². The van der Waals surface area contributed by atoms with Crippen molar-refractivity contribution in [3.8, 4) is 0 Å². The lowest BCUT2D eigenvalue weighted by atomic mass is 10.1. The molecule has 1 aliphatic rings. The number of benzene rings is 1. The van der Waals surface area contributed by atoms with Gasteiger partial charge in [-0.1, -0.05) is 46.3 Å². The Morgan fingerprint density at radius 1 is 1.13 bits per heavy atom. The summed E-state index contributed by atoms with van der Waals surface area (Å²) in [5, 5.41) is 0. The lowest BCUT2D eigenvalue weighted by Crippen LogP contribution is -2.34. The lowest BCUT2D eigenvalue weighted by Gasteiger charge is -2.30. The molecule has 1 unspecified atom stereocenters. The van der Waals surface area contributed by atoms with Gasteiger partial charge in [0.05, 0.1) is 4.95 Å². The SMILES string of the molecule is O=C1CCN(C(Br)c2ccccc2)CC1. The van der Waals surface area contributed by atoms with Crippen LogP contribution in [0.2, 0.25) is 0 Å². The number of nitrogens with zero attached hydrogens (tertiary/aromatic N) is 1. The number of hydrogen-bond donors (Lipinski definition) is 0. The molecule has 0 aliphatic carbocycles. The first-order valence-electron chi connectivity index (χ1n) is 5.22. The lowest BCUT2D eigenvalue weighted by molar-refractivity contribution is -0.121. The van der Waals surface area contributed by atoms with E-state index in [1.807, 2.05) is 18.2 Å². The van der Waals surface area contributed by atoms with Crippen LogP contribution in [0.1, 0.15) is 23.4 Å². The van der Waals surface area contributed by atoms with Gasteiger partial charge >= 0.3 is 0 Å². The molecule has 1 heterocycles. The van der Waals surface area contributed by atoms with Crippen molar-refractivity contribution in [3.05, 3.63) is 35.9 Å². The standard InChI is InChI=1S/C12H14BrNO/c13-12(10-4-2-1-3-5-10)14-8-6-11(15)7-9-14/h1-5,12H,6-9H2. The first-order valence-corrected chi connectivity index (χ1v) is 6.14. The van der Waals surface area contributed by atoms with Crippen LogP contribution in [-0.4, -0.2) is 23.8 Å². The van der Waals surface area contributed by atoms with E-state index in [2.05, 4.69) is 33.0 Å². The minimum atomic E-state index is 0.242. The van der Waals surface area contributed by atoms with Crippen molar-refractivity contribution >= 4 is 21.7 Å². The van der Waals surface area contributed by atoms with E-state index in [0.717, 1.165) is 13.1 Å². The largest absolute Gasteiger partial charge is 0.300 e. The number of alkyl halides is 1. The summed E-state index contributed by atoms with van der Waals surface area (Å²) in [7, 11) is 0. The van der Waals surface area contributed by atoms with Crippen LogP contribution < -0.4 is 0 Å². The van der Waals surface area contributed by atoms with Crippen molar-refractivity contribution in [1.82, 2.24) is 4.90 Å². The Morgan fingerprint density at radius 2 is 1.73 bits per heavy atom. The third kappa shape index (κ3) is 2.67. The molecule has 1 fully saturated rings. The number of carbonyl (C=O) groups is 1. The number of Topliss-reactive ketones (excluding diaryl/α,β-unsaturated/α-hetero) is 1. The average molecular weight is 268 g/mol. The van der Waals surface area contributed by atoms with E-state index in [-0.39, 0.29) is 4.95 Å². The van der Waals surface area contributed by atoms with Crippen molar-refractivity contribution in [2.24, 2.45) is 0 Å². The van der Waals surface area contributed by atoms with E-state index in [4.69, 9.17) is 0 Å². The maximum atomic E-state index is 11.1. The smallest absolute Gasteiger partial charge is 0.135 e. The van der Waals surface area contributed by atoms with E-state index >= 15 is 0 Å². The fraction of sp³-hybridized carbons (Fsp3) is 0.417. The van der Waals surface area contributed by atoms with Gasteiger partial charge in [-0.25, -0.2) is 0 Å². The highest BCUT2D eigenvalue weighted by atomic mass is 79.9. The summed E-state index contributed by atoms with van der Waals surface area (Å²) in [4.78, 5) is 13.7. The summed E-state index contributed by atoms with van der Waals surface area (Å²) in [6, 6.07) is 10.3. The quantitative estimate of drug-likeness (QED) is 0.607. The van der Waals surface area contributed by atoms with Gasteiger partial charge in [0.1, 0.15) is 5.78 Å². The number of carbonyl (C=O) groups excluding carboxylic acids is 1. The molecule has 1 aliphatic heterocycles. The van der Waals surface area contributed by atoms with Gasteiger partial charge in [-0.15, -0.1) is 0 Å². The Balaban J connectivity index is 2.02. The monoisotopic (exact) mass is 267 g/mol. The van der Waals surface area contributed by atoms with Gasteiger partial charge in [0, 0.05) is 25.9 Å². The summed E-state index contributed by atoms with van der Waals surface area (Å²) < 4.78 is 0. The Kier molecular flexibility index (Phi) is 3.54. The number of piperidine rings is 1. The molecule has 1 aromatic carbocycles. The maximum absolute atomic E-state index is 11.1. The minimum Gasteiger partial charge on any atom is -0.300 e. The van der Waals surface area contributed by atoms with Gasteiger partial charge < -0.3 is 0 Å². The molecule has 2 rings (SSSR count). The number of hydrogen-bond acceptors (Lipinski definition) is 2. The van der Waals surface area contributed by atoms with Crippen LogP contribution >= 0.6 is 15.9 Å². The fourth-order valence-electron chi connectivity index (χ4n) is 1.82. The Bertz CT molecular complexity index is 329. The molecule has 3 heteroatoms. The molecule has 0 bridgehead atoms. The fourth-order valence-corrected chi connectivity index (χ4v) is 2.54. The Labute approximate surface area is 98.4 Å². The van der Waals surface area contributed by atoms with Gasteiger partial charge in [0.25, 0.3) is 0 Å². The molecule has 0 amide bonds. The molecule has 0 aromatic heterocycles. The third-order valence-corrected chi connectivity index (χ3v) is 3.86. The molecule has 15 heavy (non-hydrogen) atoms. The van der Waals surface area contributed by atoms with E-state index < -0.39 is 0 Å². The van der Waals surface area contributed by atoms with E-state index in [9.17, 15) is 4.79 Å². The van der Waals surface area contributed by atoms with Gasteiger partial charge in [0.2, 0.25) is 0 Å². The molecule has 1 saturated heterocycles. The third-order valence-electron chi connectivity index (χ3n) is 2.75. The van der Waals surface area contributed by atoms with Crippen molar-refractivity contribution in [2.75, 3.05) is 13.1 Å². The van der Waals surface area contributed by atoms with Crippen molar-refractivity contribution in [2.45, 2.75) is 17.8 Å². The molecule has 0 spiro atoms. The zero-order valence-corrected chi connectivity index (χ0v) is 10.1. The van der Waals surface area contributed by atoms with Crippen LogP contribution in [0.5, 0.6) is 0 Å². The second kappa shape index (κ2) is 4.90. The van der Waals surface area contributed by atoms with Crippen molar-refractivity contribution in [1.29, 1.82) is 0 Å². The van der Waals surface area contributed by atoms with Gasteiger partial charge in [-0.05, 0) is 5.56 Å². The molecule has 0 radical (unpaired) electrons. The molecule has 80 valence electrons. The second-order valence-corrected chi connectivity index (χ2v) is 4.69. The van der Waals surface area contributed by atoms with Crippen LogP contribution in [0.25, 0.3) is 0 Å². The molecule has 0 saturated carbocycles. The summed E-state index contributed by atoms with van der Waals surface area (Å²) in [5.41, 5.74) is 1.26. The van der Waals surface area contributed by atoms with E-state index in [0.29, 0.717) is 18.6 Å². The van der Waals surface area contributed by atoms with Gasteiger partial charge in [-0.3, -0.25) is 9.69 Å². The van der Waals surface area contributed by atoms with Crippen LogP contribution in [0.15, 0.2) is 30.3 Å². The zero-order valence-electron chi connectivity index (χ0n) is 8.53. The number of halogens is 1. The molecular weight excluding hydrogens is 254 g/mol. The molecule has 1 aromatic rings. The first-order chi connectivity index (χ1) is 7.27. The van der Waals surface area contributed by atoms with E-state index in [1.54, 1.807) is 0 Å². The Morgan fingerprint density at radius 3 is 2.33 bits per heavy atom. The van der Waals surface area contributed by atoms with Gasteiger partial charge in [-0.2, -0.15) is 0 Å². The predicted molar refractivity (Wildman–Crippen MR) is 63.9 cm³/mol. The zero-order chi connectivity index (χ0) is 10.7. The average Bonchev–Trinajstić information content (AvgIpc) is 2.30. The predicted octanol–water partition coefficient (Wildman–Crippen LogP) is 2.75. The summed E-state index contributed by atoms with van der Waals surface area (Å²) in [6.45, 7) is 1.73. The van der Waals surface area contributed by atoms with Gasteiger partial charge in [0.15, 0.2) is 0 Å². The molecule has 1 atom stereocenters. The van der Waals surface area contributed by atoms with Crippen molar-refractivity contribution in [3.63, 3.8) is 0 Å². The van der Waals surface area contributed by atoms with E-state index in [1.165, 1.54) is 5.56 Å². The maximum Gasteiger partial charge on any atom is 0.135 e. The Hall–Kier alpha value is -0.670. The minimum absolute atomic E-state index is 0.242. The molecular formula is C12H14BrNO. The first kappa shape index (κ1) is 10.8. The second-order valence-electron chi connectivity index (χ2n) is 3.82. The highest BCUT2D eigenvalue weighted by Gasteiger charge is 2.22. The van der Waals surface area contributed by atoms with Crippen LogP contribution in [0, 0.1) is 0 Å². The number of ketones is 1. The number of rotatable bonds is 2. The topological polar surface area (TPSA) is 20.3 Å². The van der Waals surface area contributed by atoms with Crippen LogP contribution in [0.3, 0.4) is 0 Å². The summed E-state index contributed by atoms with van der Waals surface area (Å²) >= 11 is 3.68.